The number of imidazole rings is 1. The Labute approximate surface area is 172 Å². The van der Waals surface area contributed by atoms with Crippen LogP contribution in [-0.4, -0.2) is 44.4 Å². The molecule has 0 radical (unpaired) electrons. The largest absolute Gasteiger partial charge is 0.390 e. The monoisotopic (exact) mass is 408 g/mol. The standard InChI is InChI=1S/C20H24N8O2/c1-12-8-16-22-11-23-27(16)10-14(12)24-18-21-9-15-17(25-18)28(19(29)26(15)3)13-4-6-20(2,30)7-5-13/h8-11,13,30H,4-7H2,1-3H3,(H,21,24,25). The summed E-state index contributed by atoms with van der Waals surface area (Å²) in [5.74, 6) is 0.409. The first-order valence-electron chi connectivity index (χ1n) is 10.1. The van der Waals surface area contributed by atoms with Crippen molar-refractivity contribution < 1.29 is 5.11 Å². The van der Waals surface area contributed by atoms with E-state index in [0.29, 0.717) is 30.0 Å². The van der Waals surface area contributed by atoms with Crippen molar-refractivity contribution in [3.05, 3.63) is 40.8 Å². The molecule has 0 spiro atoms. The van der Waals surface area contributed by atoms with E-state index in [4.69, 9.17) is 0 Å². The number of aliphatic hydroxyl groups is 1. The highest BCUT2D eigenvalue weighted by Gasteiger charge is 2.31. The van der Waals surface area contributed by atoms with Gasteiger partial charge in [0.1, 0.15) is 11.8 Å². The number of aryl methyl sites for hydroxylation is 2. The molecule has 1 saturated carbocycles. The number of nitrogens with one attached hydrogen (secondary N) is 1. The minimum Gasteiger partial charge on any atom is -0.390 e. The van der Waals surface area contributed by atoms with E-state index < -0.39 is 5.60 Å². The van der Waals surface area contributed by atoms with Gasteiger partial charge in [-0.1, -0.05) is 0 Å². The van der Waals surface area contributed by atoms with Gasteiger partial charge < -0.3 is 10.4 Å². The van der Waals surface area contributed by atoms with Crippen LogP contribution in [-0.2, 0) is 7.05 Å². The lowest BCUT2D eigenvalue weighted by Gasteiger charge is -2.33. The summed E-state index contributed by atoms with van der Waals surface area (Å²) in [5.41, 5.74) is 3.08. The molecule has 10 heteroatoms. The quantitative estimate of drug-likeness (QED) is 0.533. The van der Waals surface area contributed by atoms with Crippen molar-refractivity contribution in [1.82, 2.24) is 33.7 Å². The summed E-state index contributed by atoms with van der Waals surface area (Å²) >= 11 is 0. The number of rotatable bonds is 3. The molecular formula is C20H24N8O2. The zero-order chi connectivity index (χ0) is 21.0. The minimum absolute atomic E-state index is 0.0115. The normalized spacial score (nSPS) is 22.1. The second-order valence-corrected chi connectivity index (χ2v) is 8.40. The highest BCUT2D eigenvalue weighted by molar-refractivity contribution is 5.73. The van der Waals surface area contributed by atoms with Crippen molar-refractivity contribution in [3.63, 3.8) is 0 Å². The summed E-state index contributed by atoms with van der Waals surface area (Å²) in [4.78, 5) is 26.2. The third-order valence-electron chi connectivity index (χ3n) is 6.10. The highest BCUT2D eigenvalue weighted by atomic mass is 16.3. The molecule has 30 heavy (non-hydrogen) atoms. The van der Waals surface area contributed by atoms with Crippen molar-refractivity contribution in [2.75, 3.05) is 5.32 Å². The van der Waals surface area contributed by atoms with Gasteiger partial charge in [-0.05, 0) is 51.2 Å². The van der Waals surface area contributed by atoms with E-state index in [1.165, 1.54) is 6.33 Å². The van der Waals surface area contributed by atoms with E-state index in [-0.39, 0.29) is 11.7 Å². The summed E-state index contributed by atoms with van der Waals surface area (Å²) in [6.07, 6.45) is 7.81. The van der Waals surface area contributed by atoms with Gasteiger partial charge in [-0.2, -0.15) is 10.1 Å². The van der Waals surface area contributed by atoms with Gasteiger partial charge in [-0.25, -0.2) is 19.3 Å². The predicted octanol–water partition coefficient (Wildman–Crippen LogP) is 2.09. The van der Waals surface area contributed by atoms with E-state index in [0.717, 1.165) is 29.7 Å². The van der Waals surface area contributed by atoms with E-state index in [9.17, 15) is 9.90 Å². The molecule has 0 unspecified atom stereocenters. The lowest BCUT2D eigenvalue weighted by molar-refractivity contribution is 0.00991. The van der Waals surface area contributed by atoms with Crippen LogP contribution < -0.4 is 11.0 Å². The SMILES string of the molecule is Cc1cc2ncnn2cc1Nc1ncc2c(n1)n(C1CCC(C)(O)CC1)c(=O)n2C. The fraction of sp³-hybridized carbons (Fsp3) is 0.450. The highest BCUT2D eigenvalue weighted by Crippen LogP contribution is 2.35. The first-order valence-corrected chi connectivity index (χ1v) is 10.1. The second kappa shape index (κ2) is 6.63. The molecule has 0 amide bonds. The second-order valence-electron chi connectivity index (χ2n) is 8.40. The Morgan fingerprint density at radius 3 is 2.80 bits per heavy atom. The van der Waals surface area contributed by atoms with Crippen LogP contribution in [0.3, 0.4) is 0 Å². The molecule has 0 aromatic carbocycles. The summed E-state index contributed by atoms with van der Waals surface area (Å²) in [6.45, 7) is 3.83. The van der Waals surface area contributed by atoms with Gasteiger partial charge in [0, 0.05) is 13.1 Å². The fourth-order valence-corrected chi connectivity index (χ4v) is 4.22. The van der Waals surface area contributed by atoms with Gasteiger partial charge in [0.25, 0.3) is 0 Å². The Bertz CT molecular complexity index is 1310. The zero-order valence-corrected chi connectivity index (χ0v) is 17.2. The first kappa shape index (κ1) is 18.7. The Balaban J connectivity index is 1.54. The van der Waals surface area contributed by atoms with Crippen LogP contribution in [0.25, 0.3) is 16.8 Å². The maximum atomic E-state index is 12.9. The number of hydrogen-bond acceptors (Lipinski definition) is 7. The minimum atomic E-state index is -0.663. The molecule has 4 aromatic rings. The van der Waals surface area contributed by atoms with Crippen molar-refractivity contribution >= 4 is 28.4 Å². The molecule has 4 heterocycles. The first-order chi connectivity index (χ1) is 14.3. The average Bonchev–Trinajstić information content (AvgIpc) is 3.25. The zero-order valence-electron chi connectivity index (χ0n) is 17.2. The van der Waals surface area contributed by atoms with Crippen LogP contribution in [0.15, 0.2) is 29.6 Å². The number of pyridine rings is 1. The molecule has 1 aliphatic carbocycles. The predicted molar refractivity (Wildman–Crippen MR) is 112 cm³/mol. The molecular weight excluding hydrogens is 384 g/mol. The van der Waals surface area contributed by atoms with Gasteiger partial charge in [0.15, 0.2) is 11.3 Å². The van der Waals surface area contributed by atoms with Crippen LogP contribution in [0.1, 0.15) is 44.2 Å². The van der Waals surface area contributed by atoms with Gasteiger partial charge in [0.05, 0.1) is 23.7 Å². The van der Waals surface area contributed by atoms with E-state index >= 15 is 0 Å². The molecule has 2 N–H and O–H groups in total. The molecule has 0 bridgehead atoms. The molecule has 0 atom stereocenters. The van der Waals surface area contributed by atoms with Crippen molar-refractivity contribution in [1.29, 1.82) is 0 Å². The smallest absolute Gasteiger partial charge is 0.330 e. The number of fused-ring (bicyclic) bond motifs is 2. The van der Waals surface area contributed by atoms with Gasteiger partial charge in [-0.3, -0.25) is 9.13 Å². The summed E-state index contributed by atoms with van der Waals surface area (Å²) in [7, 11) is 1.74. The number of anilines is 2. The molecule has 1 aliphatic rings. The molecule has 0 saturated heterocycles. The molecule has 0 aliphatic heterocycles. The van der Waals surface area contributed by atoms with Crippen LogP contribution >= 0.6 is 0 Å². The van der Waals surface area contributed by atoms with Crippen LogP contribution in [0, 0.1) is 6.92 Å². The lowest BCUT2D eigenvalue weighted by atomic mass is 9.83. The van der Waals surface area contributed by atoms with Gasteiger partial charge in [0.2, 0.25) is 5.95 Å². The maximum Gasteiger partial charge on any atom is 0.330 e. The van der Waals surface area contributed by atoms with Crippen LogP contribution in [0.5, 0.6) is 0 Å². The van der Waals surface area contributed by atoms with Crippen molar-refractivity contribution in [2.45, 2.75) is 51.2 Å². The molecule has 156 valence electrons. The summed E-state index contributed by atoms with van der Waals surface area (Å²) < 4.78 is 5.02. The van der Waals surface area contributed by atoms with Gasteiger partial charge >= 0.3 is 5.69 Å². The van der Waals surface area contributed by atoms with Crippen molar-refractivity contribution in [3.8, 4) is 0 Å². The third kappa shape index (κ3) is 3.04. The number of hydrogen-bond donors (Lipinski definition) is 2. The van der Waals surface area contributed by atoms with Gasteiger partial charge in [-0.15, -0.1) is 0 Å². The Morgan fingerprint density at radius 2 is 2.03 bits per heavy atom. The van der Waals surface area contributed by atoms with E-state index in [2.05, 4.69) is 25.4 Å². The summed E-state index contributed by atoms with van der Waals surface area (Å²) in [6, 6.07) is 1.94. The van der Waals surface area contributed by atoms with E-state index in [1.807, 2.05) is 26.1 Å². The molecule has 4 aromatic heterocycles. The molecule has 10 nitrogen and oxygen atoms in total. The number of nitrogens with zero attached hydrogens (tertiary/aromatic N) is 7. The van der Waals surface area contributed by atoms with Crippen LogP contribution in [0.4, 0.5) is 11.6 Å². The number of aromatic nitrogens is 7. The fourth-order valence-electron chi connectivity index (χ4n) is 4.22. The third-order valence-corrected chi connectivity index (χ3v) is 6.10. The topological polar surface area (TPSA) is 115 Å². The van der Waals surface area contributed by atoms with Crippen molar-refractivity contribution in [2.24, 2.45) is 7.05 Å². The van der Waals surface area contributed by atoms with Crippen LogP contribution in [0.2, 0.25) is 0 Å². The Morgan fingerprint density at radius 1 is 1.27 bits per heavy atom. The Kier molecular flexibility index (Phi) is 4.14. The summed E-state index contributed by atoms with van der Waals surface area (Å²) in [5, 5.41) is 17.7. The molecule has 5 rings (SSSR count). The van der Waals surface area contributed by atoms with E-state index in [1.54, 1.807) is 26.9 Å². The molecule has 1 fully saturated rings. The maximum absolute atomic E-state index is 12.9. The Hall–Kier alpha value is -3.27. The average molecular weight is 408 g/mol. The lowest BCUT2D eigenvalue weighted by Crippen LogP contribution is -2.35.